The van der Waals surface area contributed by atoms with Crippen LogP contribution in [0.1, 0.15) is 1.43 Å². The van der Waals surface area contributed by atoms with Crippen LogP contribution in [-0.2, 0) is 19.5 Å². The molecule has 9 rings (SSSR count). The Hall–Kier alpha value is -5.11. The molecule has 0 heterocycles. The molecule has 0 spiro atoms. The van der Waals surface area contributed by atoms with E-state index in [4.69, 9.17) is 0 Å². The molecule has 0 amide bonds. The second-order valence-electron chi connectivity index (χ2n) is 13.0. The van der Waals surface area contributed by atoms with Crippen LogP contribution in [0.15, 0.2) is 273 Å². The van der Waals surface area contributed by atoms with Crippen LogP contribution in [-0.4, -0.2) is 0 Å². The van der Waals surface area contributed by atoms with Crippen molar-refractivity contribution in [3.8, 4) is 0 Å². The summed E-state index contributed by atoms with van der Waals surface area (Å²) in [6.07, 6.45) is 0. The van der Waals surface area contributed by atoms with Crippen molar-refractivity contribution >= 4 is 71.5 Å². The molecule has 58 heavy (non-hydrogen) atoms. The van der Waals surface area contributed by atoms with Gasteiger partial charge in [0.1, 0.15) is 0 Å². The number of hydrogen-bond acceptors (Lipinski definition) is 0. The van der Waals surface area contributed by atoms with E-state index in [1.165, 1.54) is 47.7 Å². The molecule has 0 aliphatic heterocycles. The van der Waals surface area contributed by atoms with E-state index in [0.29, 0.717) is 0 Å². The third-order valence-electron chi connectivity index (χ3n) is 9.13. The van der Waals surface area contributed by atoms with Crippen LogP contribution in [0.25, 0.3) is 0 Å². The molecular weight excluding hydrogens is 844 g/mol. The summed E-state index contributed by atoms with van der Waals surface area (Å²) in [7, 11) is -1.34. The van der Waals surface area contributed by atoms with Gasteiger partial charge in [-0.2, -0.15) is 0 Å². The summed E-state index contributed by atoms with van der Waals surface area (Å²) < 4.78 is 0. The van der Waals surface area contributed by atoms with Gasteiger partial charge >= 0.3 is 19.5 Å². The molecule has 0 saturated heterocycles. The van der Waals surface area contributed by atoms with Crippen molar-refractivity contribution in [2.45, 2.75) is 0 Å². The first-order valence-corrected chi connectivity index (χ1v) is 23.2. The van der Waals surface area contributed by atoms with E-state index in [-0.39, 0.29) is 20.9 Å². The van der Waals surface area contributed by atoms with E-state index in [9.17, 15) is 0 Å². The van der Waals surface area contributed by atoms with Gasteiger partial charge in [-0.3, -0.25) is 0 Å². The SMILES string of the molecule is [H-].[Rh+].c1ccc(P(c2ccccc2)c2ccccc2)cc1.c1ccc(P(c2ccccc2)c2ccccc2)cc1.c1ccc(P(c2ccccc2)c2ccccc2)cc1. The standard InChI is InChI=1S/3C18H15P.Rh.H/c3*1-4-10-16(11-5-1)19(17-12-6-2-7-13-17)18-14-8-3-9-15-18;;/h3*1-15H;;/q;;;+1;-1. The van der Waals surface area contributed by atoms with Crippen molar-refractivity contribution in [3.63, 3.8) is 0 Å². The van der Waals surface area contributed by atoms with Crippen molar-refractivity contribution < 1.29 is 20.9 Å². The van der Waals surface area contributed by atoms with Gasteiger partial charge < -0.3 is 1.43 Å². The molecule has 0 N–H and O–H groups in total. The van der Waals surface area contributed by atoms with Gasteiger partial charge in [-0.15, -0.1) is 0 Å². The van der Waals surface area contributed by atoms with E-state index in [2.05, 4.69) is 273 Å². The third-order valence-corrected chi connectivity index (χ3v) is 16.5. The summed E-state index contributed by atoms with van der Waals surface area (Å²) in [6.45, 7) is 0. The molecule has 0 nitrogen and oxygen atoms in total. The molecule has 0 fully saturated rings. The molecule has 0 saturated carbocycles. The van der Waals surface area contributed by atoms with Crippen LogP contribution in [0.3, 0.4) is 0 Å². The topological polar surface area (TPSA) is 0 Å². The number of hydrogen-bond donors (Lipinski definition) is 0. The van der Waals surface area contributed by atoms with Crippen molar-refractivity contribution in [2.24, 2.45) is 0 Å². The van der Waals surface area contributed by atoms with Gasteiger partial charge in [-0.25, -0.2) is 0 Å². The molecule has 9 aromatic carbocycles. The maximum absolute atomic E-state index is 2.23. The van der Waals surface area contributed by atoms with Gasteiger partial charge in [-0.1, -0.05) is 273 Å². The molecular formula is C54H46P3Rh. The molecule has 0 bridgehead atoms. The second-order valence-corrected chi connectivity index (χ2v) is 19.7. The molecule has 0 unspecified atom stereocenters. The van der Waals surface area contributed by atoms with E-state index in [1.807, 2.05) is 0 Å². The predicted octanol–water partition coefficient (Wildman–Crippen LogP) is 10.4. The van der Waals surface area contributed by atoms with E-state index in [0.717, 1.165) is 0 Å². The van der Waals surface area contributed by atoms with E-state index in [1.54, 1.807) is 0 Å². The fraction of sp³-hybridized carbons (Fsp3) is 0. The summed E-state index contributed by atoms with van der Waals surface area (Å²) >= 11 is 0. The minimum Gasteiger partial charge on any atom is -1.00 e. The molecule has 0 aromatic heterocycles. The Bertz CT molecular complexity index is 1870. The van der Waals surface area contributed by atoms with Crippen molar-refractivity contribution in [3.05, 3.63) is 273 Å². The van der Waals surface area contributed by atoms with Crippen LogP contribution in [0.5, 0.6) is 0 Å². The second kappa shape index (κ2) is 23.3. The van der Waals surface area contributed by atoms with Gasteiger partial charge in [0.2, 0.25) is 0 Å². The number of benzene rings is 9. The molecule has 0 aliphatic carbocycles. The normalized spacial score (nSPS) is 10.4. The fourth-order valence-electron chi connectivity index (χ4n) is 6.54. The van der Waals surface area contributed by atoms with Crippen LogP contribution >= 0.6 is 23.8 Å². The Kier molecular flexibility index (Phi) is 17.1. The summed E-state index contributed by atoms with van der Waals surface area (Å²) in [5, 5.41) is 12.6. The average Bonchev–Trinajstić information content (AvgIpc) is 3.30. The Balaban J connectivity index is 0.000000165. The summed E-state index contributed by atoms with van der Waals surface area (Å²) in [4.78, 5) is 0. The van der Waals surface area contributed by atoms with Crippen molar-refractivity contribution in [1.82, 2.24) is 0 Å². The van der Waals surface area contributed by atoms with Crippen molar-refractivity contribution in [1.29, 1.82) is 0 Å². The van der Waals surface area contributed by atoms with E-state index < -0.39 is 23.8 Å². The maximum Gasteiger partial charge on any atom is 1.00 e. The van der Waals surface area contributed by atoms with E-state index >= 15 is 0 Å². The smallest absolute Gasteiger partial charge is 1.00 e. The Morgan fingerprint density at radius 1 is 0.155 bits per heavy atom. The first-order valence-electron chi connectivity index (χ1n) is 19.2. The zero-order chi connectivity index (χ0) is 38.7. The largest absolute Gasteiger partial charge is 1.00 e. The van der Waals surface area contributed by atoms with Crippen LogP contribution < -0.4 is 47.7 Å². The minimum atomic E-state index is -0.446. The quantitative estimate of drug-likeness (QED) is 0.100. The Morgan fingerprint density at radius 2 is 0.241 bits per heavy atom. The van der Waals surface area contributed by atoms with Crippen LogP contribution in [0.4, 0.5) is 0 Å². The Labute approximate surface area is 363 Å². The fourth-order valence-corrected chi connectivity index (χ4v) is 13.5. The predicted molar refractivity (Wildman–Crippen MR) is 257 cm³/mol. The average molecular weight is 891 g/mol. The summed E-state index contributed by atoms with van der Waals surface area (Å²) in [5.41, 5.74) is 0. The third kappa shape index (κ3) is 12.0. The zero-order valence-electron chi connectivity index (χ0n) is 33.2. The Morgan fingerprint density at radius 3 is 0.328 bits per heavy atom. The summed E-state index contributed by atoms with van der Waals surface area (Å²) in [6, 6.07) is 97.0. The molecule has 0 radical (unpaired) electrons. The maximum atomic E-state index is 2.23. The molecule has 4 heteroatoms. The minimum absolute atomic E-state index is 0. The van der Waals surface area contributed by atoms with Gasteiger partial charge in [0, 0.05) is 0 Å². The summed E-state index contributed by atoms with van der Waals surface area (Å²) in [5.74, 6) is 0. The van der Waals surface area contributed by atoms with Crippen LogP contribution in [0, 0.1) is 0 Å². The number of rotatable bonds is 9. The molecule has 0 atom stereocenters. The van der Waals surface area contributed by atoms with Crippen LogP contribution in [0.2, 0.25) is 0 Å². The first kappa shape index (κ1) is 42.5. The van der Waals surface area contributed by atoms with Gasteiger partial charge in [0.05, 0.1) is 0 Å². The van der Waals surface area contributed by atoms with Gasteiger partial charge in [0.15, 0.2) is 0 Å². The van der Waals surface area contributed by atoms with Gasteiger partial charge in [-0.05, 0) is 71.5 Å². The first-order chi connectivity index (χ1) is 28.3. The monoisotopic (exact) mass is 890 g/mol. The molecule has 286 valence electrons. The van der Waals surface area contributed by atoms with Crippen molar-refractivity contribution in [2.75, 3.05) is 0 Å². The molecule has 0 aliphatic rings. The van der Waals surface area contributed by atoms with Gasteiger partial charge in [0.25, 0.3) is 0 Å². The zero-order valence-corrected chi connectivity index (χ0v) is 36.5. The molecule has 9 aromatic rings.